The third-order valence-corrected chi connectivity index (χ3v) is 3.28. The molecule has 0 bridgehead atoms. The Labute approximate surface area is 123 Å². The molecule has 2 aromatic rings. The lowest BCUT2D eigenvalue weighted by Gasteiger charge is -2.21. The number of carboxylic acids is 1. The molecule has 1 aromatic heterocycles. The third-order valence-electron chi connectivity index (χ3n) is 3.28. The van der Waals surface area contributed by atoms with Gasteiger partial charge >= 0.3 is 5.97 Å². The highest BCUT2D eigenvalue weighted by Gasteiger charge is 2.12. The van der Waals surface area contributed by atoms with Gasteiger partial charge in [0.15, 0.2) is 0 Å². The molecule has 1 heterocycles. The molecular formula is C16H19N3O2. The Bertz CT molecular complexity index is 678. The van der Waals surface area contributed by atoms with Crippen LogP contribution in [0.1, 0.15) is 5.82 Å². The van der Waals surface area contributed by atoms with E-state index in [2.05, 4.69) is 23.0 Å². The lowest BCUT2D eigenvalue weighted by atomic mass is 10.2. The molecule has 21 heavy (non-hydrogen) atoms. The maximum absolute atomic E-state index is 10.9. The molecule has 0 radical (unpaired) electrons. The first-order valence-electron chi connectivity index (χ1n) is 6.72. The number of imidazole rings is 1. The van der Waals surface area contributed by atoms with E-state index in [0.29, 0.717) is 18.9 Å². The van der Waals surface area contributed by atoms with Gasteiger partial charge in [0.25, 0.3) is 0 Å². The van der Waals surface area contributed by atoms with Crippen molar-refractivity contribution in [3.05, 3.63) is 49.3 Å². The Balaban J connectivity index is 2.44. The Morgan fingerprint density at radius 2 is 2.05 bits per heavy atom. The van der Waals surface area contributed by atoms with Crippen molar-refractivity contribution in [2.75, 3.05) is 18.0 Å². The summed E-state index contributed by atoms with van der Waals surface area (Å²) in [5, 5.41) is 8.97. The van der Waals surface area contributed by atoms with Crippen LogP contribution >= 0.6 is 0 Å². The topological polar surface area (TPSA) is 58.4 Å². The van der Waals surface area contributed by atoms with Crippen LogP contribution in [0.25, 0.3) is 11.0 Å². The third kappa shape index (κ3) is 3.13. The highest BCUT2D eigenvalue weighted by Crippen LogP contribution is 2.23. The number of carbonyl (C=O) groups is 1. The molecule has 0 aliphatic rings. The Kier molecular flexibility index (Phi) is 4.42. The number of carboxylic acid groups (broad SMARTS) is 1. The van der Waals surface area contributed by atoms with E-state index in [0.717, 1.165) is 16.7 Å². The van der Waals surface area contributed by atoms with E-state index in [1.807, 2.05) is 37.3 Å². The molecular weight excluding hydrogens is 266 g/mol. The van der Waals surface area contributed by atoms with Crippen LogP contribution in [-0.4, -0.2) is 33.7 Å². The van der Waals surface area contributed by atoms with Crippen molar-refractivity contribution in [1.29, 1.82) is 0 Å². The quantitative estimate of drug-likeness (QED) is 0.794. The number of rotatable bonds is 7. The van der Waals surface area contributed by atoms with Crippen molar-refractivity contribution in [2.45, 2.75) is 13.5 Å². The van der Waals surface area contributed by atoms with Crippen LogP contribution < -0.4 is 4.90 Å². The zero-order chi connectivity index (χ0) is 15.4. The second kappa shape index (κ2) is 6.26. The van der Waals surface area contributed by atoms with Crippen LogP contribution in [0, 0.1) is 6.92 Å². The molecule has 0 aliphatic heterocycles. The van der Waals surface area contributed by atoms with Crippen molar-refractivity contribution < 1.29 is 9.90 Å². The average Bonchev–Trinajstić information content (AvgIpc) is 2.73. The van der Waals surface area contributed by atoms with Crippen molar-refractivity contribution in [2.24, 2.45) is 0 Å². The number of anilines is 1. The van der Waals surface area contributed by atoms with Gasteiger partial charge in [0, 0.05) is 18.8 Å². The number of fused-ring (bicyclic) bond motifs is 1. The first-order valence-corrected chi connectivity index (χ1v) is 6.72. The Hall–Kier alpha value is -2.56. The van der Waals surface area contributed by atoms with Crippen LogP contribution in [-0.2, 0) is 11.3 Å². The van der Waals surface area contributed by atoms with Gasteiger partial charge in [0.05, 0.1) is 11.0 Å². The maximum atomic E-state index is 10.9. The van der Waals surface area contributed by atoms with E-state index in [4.69, 9.17) is 5.11 Å². The van der Waals surface area contributed by atoms with E-state index in [1.54, 1.807) is 4.57 Å². The van der Waals surface area contributed by atoms with Crippen LogP contribution in [0.4, 0.5) is 5.69 Å². The van der Waals surface area contributed by atoms with Gasteiger partial charge in [-0.2, -0.15) is 0 Å². The second-order valence-corrected chi connectivity index (χ2v) is 4.79. The molecule has 0 aliphatic carbocycles. The van der Waals surface area contributed by atoms with Gasteiger partial charge in [0.2, 0.25) is 0 Å². The number of hydrogen-bond donors (Lipinski definition) is 1. The molecule has 2 rings (SSSR count). The highest BCUT2D eigenvalue weighted by atomic mass is 16.4. The number of aromatic nitrogens is 2. The van der Waals surface area contributed by atoms with Crippen molar-refractivity contribution in [1.82, 2.24) is 9.55 Å². The molecule has 0 spiro atoms. The fourth-order valence-electron chi connectivity index (χ4n) is 2.37. The normalized spacial score (nSPS) is 10.5. The summed E-state index contributed by atoms with van der Waals surface area (Å²) in [7, 11) is 0. The Morgan fingerprint density at radius 3 is 2.62 bits per heavy atom. The summed E-state index contributed by atoms with van der Waals surface area (Å²) in [4.78, 5) is 17.5. The fourth-order valence-corrected chi connectivity index (χ4v) is 2.37. The minimum atomic E-state index is -0.874. The molecule has 5 heteroatoms. The van der Waals surface area contributed by atoms with Gasteiger partial charge in [-0.15, -0.1) is 13.2 Å². The van der Waals surface area contributed by atoms with E-state index in [-0.39, 0.29) is 6.54 Å². The molecule has 0 saturated carbocycles. The molecule has 5 nitrogen and oxygen atoms in total. The minimum Gasteiger partial charge on any atom is -0.480 e. The summed E-state index contributed by atoms with van der Waals surface area (Å²) in [6.45, 7) is 10.7. The summed E-state index contributed by atoms with van der Waals surface area (Å²) in [5.41, 5.74) is 2.64. The van der Waals surface area contributed by atoms with Crippen LogP contribution in [0.15, 0.2) is 43.5 Å². The zero-order valence-corrected chi connectivity index (χ0v) is 12.1. The average molecular weight is 285 g/mol. The second-order valence-electron chi connectivity index (χ2n) is 4.79. The number of aliphatic carboxylic acids is 1. The first kappa shape index (κ1) is 14.8. The van der Waals surface area contributed by atoms with Gasteiger partial charge in [-0.1, -0.05) is 12.2 Å². The summed E-state index contributed by atoms with van der Waals surface area (Å²) in [6, 6.07) is 5.84. The SMILES string of the molecule is C=CCN(CC=C)c1ccc2c(c1)nc(C)n2CC(=O)O. The molecule has 0 unspecified atom stereocenters. The van der Waals surface area contributed by atoms with Gasteiger partial charge < -0.3 is 14.6 Å². The lowest BCUT2D eigenvalue weighted by molar-refractivity contribution is -0.137. The minimum absolute atomic E-state index is 0.0787. The Morgan fingerprint density at radius 1 is 1.38 bits per heavy atom. The molecule has 110 valence electrons. The summed E-state index contributed by atoms with van der Waals surface area (Å²) < 4.78 is 1.70. The number of aryl methyl sites for hydroxylation is 1. The predicted molar refractivity (Wildman–Crippen MR) is 84.7 cm³/mol. The summed E-state index contributed by atoms with van der Waals surface area (Å²) >= 11 is 0. The van der Waals surface area contributed by atoms with Crippen molar-refractivity contribution >= 4 is 22.7 Å². The number of hydrogen-bond acceptors (Lipinski definition) is 3. The van der Waals surface area contributed by atoms with Crippen molar-refractivity contribution in [3.63, 3.8) is 0 Å². The molecule has 0 amide bonds. The van der Waals surface area contributed by atoms with E-state index >= 15 is 0 Å². The van der Waals surface area contributed by atoms with Gasteiger partial charge in [-0.3, -0.25) is 4.79 Å². The zero-order valence-electron chi connectivity index (χ0n) is 12.1. The predicted octanol–water partition coefficient (Wildman–Crippen LogP) is 2.61. The summed E-state index contributed by atoms with van der Waals surface area (Å²) in [5.74, 6) is -0.176. The monoisotopic (exact) mass is 285 g/mol. The van der Waals surface area contributed by atoms with Gasteiger partial charge in [-0.25, -0.2) is 4.98 Å². The first-order chi connectivity index (χ1) is 10.1. The highest BCUT2D eigenvalue weighted by molar-refractivity contribution is 5.82. The van der Waals surface area contributed by atoms with Gasteiger partial charge in [-0.05, 0) is 25.1 Å². The number of nitrogens with zero attached hydrogens (tertiary/aromatic N) is 3. The van der Waals surface area contributed by atoms with E-state index in [9.17, 15) is 4.79 Å². The molecule has 0 saturated heterocycles. The van der Waals surface area contributed by atoms with E-state index in [1.165, 1.54) is 0 Å². The summed E-state index contributed by atoms with van der Waals surface area (Å²) in [6.07, 6.45) is 3.67. The molecule has 0 atom stereocenters. The van der Waals surface area contributed by atoms with Crippen LogP contribution in [0.2, 0.25) is 0 Å². The van der Waals surface area contributed by atoms with Crippen LogP contribution in [0.5, 0.6) is 0 Å². The maximum Gasteiger partial charge on any atom is 0.323 e. The fraction of sp³-hybridized carbons (Fsp3) is 0.250. The van der Waals surface area contributed by atoms with Crippen LogP contribution in [0.3, 0.4) is 0 Å². The van der Waals surface area contributed by atoms with Gasteiger partial charge in [0.1, 0.15) is 12.4 Å². The molecule has 1 aromatic carbocycles. The van der Waals surface area contributed by atoms with E-state index < -0.39 is 5.97 Å². The lowest BCUT2D eigenvalue weighted by Crippen LogP contribution is -2.22. The van der Waals surface area contributed by atoms with Crippen molar-refractivity contribution in [3.8, 4) is 0 Å². The number of benzene rings is 1. The largest absolute Gasteiger partial charge is 0.480 e. The standard InChI is InChI=1S/C16H19N3O2/c1-4-8-18(9-5-2)13-6-7-15-14(10-13)17-12(3)19(15)11-16(20)21/h4-7,10H,1-2,8-9,11H2,3H3,(H,20,21). The smallest absolute Gasteiger partial charge is 0.323 e. The molecule has 1 N–H and O–H groups in total. The molecule has 0 fully saturated rings.